The molecule has 0 heterocycles. The Morgan fingerprint density at radius 3 is 2.24 bits per heavy atom. The first kappa shape index (κ1) is 16.4. The van der Waals surface area contributed by atoms with Gasteiger partial charge in [-0.2, -0.15) is 4.31 Å². The minimum atomic E-state index is -3.29. The first-order valence-corrected chi connectivity index (χ1v) is 7.98. The molecule has 0 saturated heterocycles. The maximum Gasteiger partial charge on any atom is 0.235 e. The highest BCUT2D eigenvalue weighted by Crippen LogP contribution is 2.01. The summed E-state index contributed by atoms with van der Waals surface area (Å²) in [5, 5.41) is 2.72. The van der Waals surface area contributed by atoms with Crippen LogP contribution in [-0.2, 0) is 14.8 Å². The number of nitrogens with zero attached hydrogens (tertiary/aromatic N) is 1. The molecule has 0 aliphatic rings. The van der Waals surface area contributed by atoms with Crippen LogP contribution in [0.4, 0.5) is 0 Å². The van der Waals surface area contributed by atoms with Gasteiger partial charge in [0.05, 0.1) is 12.8 Å². The topological polar surface area (TPSA) is 66.5 Å². The number of nitrogens with one attached hydrogen (secondary N) is 1. The number of hydrogen-bond acceptors (Lipinski definition) is 3. The molecule has 0 aromatic heterocycles. The van der Waals surface area contributed by atoms with E-state index in [1.807, 2.05) is 13.8 Å². The normalized spacial score (nSPS) is 11.8. The highest BCUT2D eigenvalue weighted by molar-refractivity contribution is 7.88. The number of sulfonamides is 1. The molecule has 0 spiro atoms. The molecule has 0 radical (unpaired) electrons. The highest BCUT2D eigenvalue weighted by atomic mass is 32.2. The van der Waals surface area contributed by atoms with Gasteiger partial charge in [0.15, 0.2) is 0 Å². The maximum absolute atomic E-state index is 11.5. The monoisotopic (exact) mass is 264 g/mol. The van der Waals surface area contributed by atoms with E-state index in [9.17, 15) is 13.2 Å². The Kier molecular flexibility index (Phi) is 8.16. The Hall–Kier alpha value is -0.620. The first-order valence-electron chi connectivity index (χ1n) is 6.13. The van der Waals surface area contributed by atoms with Gasteiger partial charge in [-0.25, -0.2) is 8.42 Å². The Bertz CT molecular complexity index is 315. The van der Waals surface area contributed by atoms with Gasteiger partial charge in [0.25, 0.3) is 0 Å². The molecule has 0 aromatic carbocycles. The number of rotatable bonds is 9. The molecule has 0 aliphatic carbocycles. The van der Waals surface area contributed by atoms with Crippen LogP contribution in [0.25, 0.3) is 0 Å². The van der Waals surface area contributed by atoms with Gasteiger partial charge in [-0.1, -0.05) is 26.7 Å². The van der Waals surface area contributed by atoms with Gasteiger partial charge in [-0.3, -0.25) is 4.79 Å². The van der Waals surface area contributed by atoms with Crippen LogP contribution in [0.1, 0.15) is 39.5 Å². The number of carbonyl (C=O) groups is 1. The maximum atomic E-state index is 11.5. The van der Waals surface area contributed by atoms with E-state index in [0.717, 1.165) is 31.9 Å². The van der Waals surface area contributed by atoms with Crippen molar-refractivity contribution >= 4 is 15.9 Å². The Labute approximate surface area is 105 Å². The molecule has 0 rings (SSSR count). The predicted molar refractivity (Wildman–Crippen MR) is 69.2 cm³/mol. The summed E-state index contributed by atoms with van der Waals surface area (Å²) in [5.41, 5.74) is 0. The fourth-order valence-corrected chi connectivity index (χ4v) is 2.13. The van der Waals surface area contributed by atoms with Crippen molar-refractivity contribution in [2.24, 2.45) is 0 Å². The van der Waals surface area contributed by atoms with Gasteiger partial charge in [-0.05, 0) is 12.8 Å². The summed E-state index contributed by atoms with van der Waals surface area (Å²) in [7, 11) is -3.29. The van der Waals surface area contributed by atoms with E-state index in [2.05, 4.69) is 5.32 Å². The Morgan fingerprint density at radius 1 is 1.18 bits per heavy atom. The number of hydrogen-bond donors (Lipinski definition) is 1. The van der Waals surface area contributed by atoms with Gasteiger partial charge in [0.1, 0.15) is 0 Å². The lowest BCUT2D eigenvalue weighted by atomic mass is 10.3. The van der Waals surface area contributed by atoms with Crippen LogP contribution in [0.5, 0.6) is 0 Å². The summed E-state index contributed by atoms with van der Waals surface area (Å²) >= 11 is 0. The van der Waals surface area contributed by atoms with Crippen LogP contribution >= 0.6 is 0 Å². The van der Waals surface area contributed by atoms with Gasteiger partial charge < -0.3 is 5.32 Å². The molecule has 1 amide bonds. The molecule has 0 aliphatic heterocycles. The molecule has 0 unspecified atom stereocenters. The van der Waals surface area contributed by atoms with Gasteiger partial charge in [-0.15, -0.1) is 0 Å². The molecular formula is C11H24N2O3S. The second kappa shape index (κ2) is 8.47. The van der Waals surface area contributed by atoms with Crippen molar-refractivity contribution in [3.8, 4) is 0 Å². The molecule has 0 saturated carbocycles. The molecule has 102 valence electrons. The zero-order valence-electron chi connectivity index (χ0n) is 11.0. The third kappa shape index (κ3) is 8.15. The molecule has 0 aromatic rings. The van der Waals surface area contributed by atoms with Crippen LogP contribution in [0.2, 0.25) is 0 Å². The van der Waals surface area contributed by atoms with Crippen LogP contribution < -0.4 is 5.32 Å². The SMILES string of the molecule is CCCCNC(=O)CN(CCCC)S(C)(=O)=O. The van der Waals surface area contributed by atoms with E-state index in [1.54, 1.807) is 0 Å². The summed E-state index contributed by atoms with van der Waals surface area (Å²) in [4.78, 5) is 11.5. The summed E-state index contributed by atoms with van der Waals surface area (Å²) in [6.45, 7) is 4.98. The fourth-order valence-electron chi connectivity index (χ4n) is 1.32. The highest BCUT2D eigenvalue weighted by Gasteiger charge is 2.18. The van der Waals surface area contributed by atoms with Crippen molar-refractivity contribution in [3.63, 3.8) is 0 Å². The van der Waals surface area contributed by atoms with Crippen LogP contribution in [-0.4, -0.2) is 44.5 Å². The third-order valence-corrected chi connectivity index (χ3v) is 3.65. The quantitative estimate of drug-likeness (QED) is 0.631. The van der Waals surface area contributed by atoms with Crippen molar-refractivity contribution < 1.29 is 13.2 Å². The summed E-state index contributed by atoms with van der Waals surface area (Å²) in [6.07, 6.45) is 4.74. The largest absolute Gasteiger partial charge is 0.355 e. The Balaban J connectivity index is 4.19. The molecule has 1 N–H and O–H groups in total. The zero-order valence-corrected chi connectivity index (χ0v) is 11.8. The smallest absolute Gasteiger partial charge is 0.235 e. The lowest BCUT2D eigenvalue weighted by Gasteiger charge is -2.19. The van der Waals surface area contributed by atoms with E-state index in [0.29, 0.717) is 13.1 Å². The van der Waals surface area contributed by atoms with Crippen LogP contribution in [0.3, 0.4) is 0 Å². The van der Waals surface area contributed by atoms with Gasteiger partial charge >= 0.3 is 0 Å². The van der Waals surface area contributed by atoms with E-state index >= 15 is 0 Å². The first-order chi connectivity index (χ1) is 7.91. The average molecular weight is 264 g/mol. The van der Waals surface area contributed by atoms with Crippen molar-refractivity contribution in [1.29, 1.82) is 0 Å². The number of amides is 1. The van der Waals surface area contributed by atoms with Gasteiger partial charge in [0, 0.05) is 13.1 Å². The van der Waals surface area contributed by atoms with Crippen molar-refractivity contribution in [2.75, 3.05) is 25.9 Å². The third-order valence-electron chi connectivity index (χ3n) is 2.40. The second-order valence-corrected chi connectivity index (χ2v) is 6.14. The molecule has 6 heteroatoms. The van der Waals surface area contributed by atoms with Crippen molar-refractivity contribution in [2.45, 2.75) is 39.5 Å². The van der Waals surface area contributed by atoms with E-state index in [-0.39, 0.29) is 12.5 Å². The van der Waals surface area contributed by atoms with E-state index < -0.39 is 10.0 Å². The molecular weight excluding hydrogens is 240 g/mol. The van der Waals surface area contributed by atoms with E-state index in [4.69, 9.17) is 0 Å². The van der Waals surface area contributed by atoms with E-state index in [1.165, 1.54) is 4.31 Å². The summed E-state index contributed by atoms with van der Waals surface area (Å²) in [5.74, 6) is -0.222. The molecule has 5 nitrogen and oxygen atoms in total. The van der Waals surface area contributed by atoms with Crippen molar-refractivity contribution in [1.82, 2.24) is 9.62 Å². The molecule has 0 bridgehead atoms. The van der Waals surface area contributed by atoms with Crippen LogP contribution in [0, 0.1) is 0 Å². The minimum Gasteiger partial charge on any atom is -0.355 e. The number of unbranched alkanes of at least 4 members (excludes halogenated alkanes) is 2. The summed E-state index contributed by atoms with van der Waals surface area (Å²) in [6, 6.07) is 0. The molecule has 0 atom stereocenters. The lowest BCUT2D eigenvalue weighted by Crippen LogP contribution is -2.40. The fraction of sp³-hybridized carbons (Fsp3) is 0.909. The van der Waals surface area contributed by atoms with Crippen LogP contribution in [0.15, 0.2) is 0 Å². The summed E-state index contributed by atoms with van der Waals surface area (Å²) < 4.78 is 24.1. The molecule has 17 heavy (non-hydrogen) atoms. The number of carbonyl (C=O) groups excluding carboxylic acids is 1. The lowest BCUT2D eigenvalue weighted by molar-refractivity contribution is -0.121. The van der Waals surface area contributed by atoms with Crippen molar-refractivity contribution in [3.05, 3.63) is 0 Å². The molecule has 0 fully saturated rings. The minimum absolute atomic E-state index is 0.0669. The standard InChI is InChI=1S/C11H24N2O3S/c1-4-6-8-12-11(14)10-13(9-7-5-2)17(3,15)16/h4-10H2,1-3H3,(H,12,14). The average Bonchev–Trinajstić information content (AvgIpc) is 2.23. The zero-order chi connectivity index (χ0) is 13.3. The Morgan fingerprint density at radius 2 is 1.76 bits per heavy atom. The predicted octanol–water partition coefficient (Wildman–Crippen LogP) is 0.964. The second-order valence-electron chi connectivity index (χ2n) is 4.15. The van der Waals surface area contributed by atoms with Gasteiger partial charge in [0.2, 0.25) is 15.9 Å².